The van der Waals surface area contributed by atoms with E-state index < -0.39 is 6.03 Å². The maximum Gasteiger partial charge on any atom is 0.327 e. The number of nitrogens with one attached hydrogen (secondary N) is 4. The molecule has 0 aromatic heterocycles. The lowest BCUT2D eigenvalue weighted by Crippen LogP contribution is -2.36. The molecule has 0 radical (unpaired) electrons. The van der Waals surface area contributed by atoms with E-state index in [0.717, 1.165) is 21.7 Å². The Morgan fingerprint density at radius 1 is 1.00 bits per heavy atom. The smallest absolute Gasteiger partial charge is 0.327 e. The molecular weight excluding hydrogens is 302 g/mol. The van der Waals surface area contributed by atoms with E-state index in [9.17, 15) is 9.59 Å². The molecule has 8 heteroatoms. The Balaban J connectivity index is 1.97. The molecule has 2 aromatic rings. The van der Waals surface area contributed by atoms with Crippen molar-refractivity contribution >= 4 is 30.1 Å². The normalized spacial score (nSPS) is 9.82. The Kier molecular flexibility index (Phi) is 5.64. The zero-order valence-electron chi connectivity index (χ0n) is 11.5. The first-order valence-electron chi connectivity index (χ1n) is 6.32. The molecule has 7 nitrogen and oxygen atoms in total. The Labute approximate surface area is 131 Å². The highest BCUT2D eigenvalue weighted by molar-refractivity contribution is 7.97. The molecular formula is C14H15N5O2S. The van der Waals surface area contributed by atoms with Crippen LogP contribution in [0.25, 0.3) is 11.1 Å². The zero-order valence-corrected chi connectivity index (χ0v) is 12.3. The summed E-state index contributed by atoms with van der Waals surface area (Å²) in [6.07, 6.45) is 0.575. The number of urea groups is 1. The van der Waals surface area contributed by atoms with E-state index >= 15 is 0 Å². The van der Waals surface area contributed by atoms with E-state index in [1.165, 1.54) is 11.9 Å². The minimum atomic E-state index is -0.637. The van der Waals surface area contributed by atoms with Crippen molar-refractivity contribution in [2.45, 2.75) is 4.90 Å². The Morgan fingerprint density at radius 3 is 2.14 bits per heavy atom. The van der Waals surface area contributed by atoms with Crippen molar-refractivity contribution in [2.24, 2.45) is 5.73 Å². The van der Waals surface area contributed by atoms with Gasteiger partial charge in [0.2, 0.25) is 6.41 Å². The number of carbonyl (C=O) groups is 2. The highest BCUT2D eigenvalue weighted by Crippen LogP contribution is 2.24. The predicted octanol–water partition coefficient (Wildman–Crippen LogP) is 1.61. The summed E-state index contributed by atoms with van der Waals surface area (Å²) >= 11 is 1.25. The van der Waals surface area contributed by atoms with Gasteiger partial charge in [-0.05, 0) is 47.3 Å². The molecule has 0 saturated carbocycles. The van der Waals surface area contributed by atoms with Gasteiger partial charge in [0.25, 0.3) is 0 Å². The minimum Gasteiger partial charge on any atom is -0.351 e. The highest BCUT2D eigenvalue weighted by Gasteiger charge is 2.00. The fourth-order valence-electron chi connectivity index (χ4n) is 1.71. The van der Waals surface area contributed by atoms with E-state index in [1.807, 2.05) is 48.5 Å². The average Bonchev–Trinajstić information content (AvgIpc) is 2.54. The first kappa shape index (κ1) is 15.7. The molecule has 0 unspecified atom stereocenters. The van der Waals surface area contributed by atoms with Crippen molar-refractivity contribution in [2.75, 3.05) is 5.43 Å². The SMILES string of the molecule is NC(=O)NNSc1ccc(-c2ccc(NNC=O)cc2)cc1. The number of amides is 3. The number of hydrazine groups is 2. The second kappa shape index (κ2) is 7.91. The van der Waals surface area contributed by atoms with E-state index in [-0.39, 0.29) is 0 Å². The number of benzene rings is 2. The van der Waals surface area contributed by atoms with Crippen LogP contribution in [-0.4, -0.2) is 12.4 Å². The Morgan fingerprint density at radius 2 is 1.59 bits per heavy atom. The second-order valence-electron chi connectivity index (χ2n) is 4.18. The molecule has 0 atom stereocenters. The number of nitrogens with two attached hydrogens (primary N) is 1. The van der Waals surface area contributed by atoms with Gasteiger partial charge in [-0.2, -0.15) is 4.83 Å². The summed E-state index contributed by atoms with van der Waals surface area (Å²) in [4.78, 5) is 24.3. The van der Waals surface area contributed by atoms with Gasteiger partial charge in [0.15, 0.2) is 0 Å². The van der Waals surface area contributed by atoms with Crippen LogP contribution in [-0.2, 0) is 4.79 Å². The summed E-state index contributed by atoms with van der Waals surface area (Å²) < 4.78 is 0. The molecule has 114 valence electrons. The monoisotopic (exact) mass is 317 g/mol. The molecule has 0 bridgehead atoms. The first-order valence-corrected chi connectivity index (χ1v) is 7.13. The van der Waals surface area contributed by atoms with Crippen LogP contribution in [0.3, 0.4) is 0 Å². The molecule has 0 saturated heterocycles. The molecule has 0 aliphatic rings. The van der Waals surface area contributed by atoms with Crippen LogP contribution in [0.15, 0.2) is 53.4 Å². The number of primary amides is 1. The maximum atomic E-state index is 10.5. The molecule has 2 aromatic carbocycles. The Bertz CT molecular complexity index is 631. The lowest BCUT2D eigenvalue weighted by atomic mass is 10.1. The van der Waals surface area contributed by atoms with Crippen molar-refractivity contribution in [1.82, 2.24) is 15.7 Å². The lowest BCUT2D eigenvalue weighted by molar-refractivity contribution is -0.109. The van der Waals surface area contributed by atoms with Gasteiger partial charge >= 0.3 is 6.03 Å². The van der Waals surface area contributed by atoms with Gasteiger partial charge in [-0.25, -0.2) is 4.79 Å². The third-order valence-corrected chi connectivity index (χ3v) is 3.40. The van der Waals surface area contributed by atoms with Crippen LogP contribution in [0.2, 0.25) is 0 Å². The summed E-state index contributed by atoms with van der Waals surface area (Å²) in [7, 11) is 0. The summed E-state index contributed by atoms with van der Waals surface area (Å²) in [6.45, 7) is 0. The van der Waals surface area contributed by atoms with Gasteiger partial charge in [0.1, 0.15) is 0 Å². The summed E-state index contributed by atoms with van der Waals surface area (Å²) in [5.41, 5.74) is 15.2. The fraction of sp³-hybridized carbons (Fsp3) is 0. The van der Waals surface area contributed by atoms with Crippen LogP contribution in [0.1, 0.15) is 0 Å². The Hall–Kier alpha value is -2.71. The quantitative estimate of drug-likeness (QED) is 0.303. The van der Waals surface area contributed by atoms with Crippen molar-refractivity contribution in [3.8, 4) is 11.1 Å². The van der Waals surface area contributed by atoms with Gasteiger partial charge in [0.05, 0.1) is 5.69 Å². The third-order valence-electron chi connectivity index (χ3n) is 2.69. The maximum absolute atomic E-state index is 10.5. The molecule has 0 aliphatic heterocycles. The van der Waals surface area contributed by atoms with E-state index in [2.05, 4.69) is 21.1 Å². The molecule has 6 N–H and O–H groups in total. The van der Waals surface area contributed by atoms with Crippen LogP contribution in [0.5, 0.6) is 0 Å². The van der Waals surface area contributed by atoms with Crippen LogP contribution < -0.4 is 26.8 Å². The lowest BCUT2D eigenvalue weighted by Gasteiger charge is -2.07. The van der Waals surface area contributed by atoms with Crippen molar-refractivity contribution in [1.29, 1.82) is 0 Å². The van der Waals surface area contributed by atoms with Gasteiger partial charge in [-0.1, -0.05) is 24.3 Å². The first-order chi connectivity index (χ1) is 10.7. The van der Waals surface area contributed by atoms with E-state index in [4.69, 9.17) is 5.73 Å². The summed E-state index contributed by atoms with van der Waals surface area (Å²) in [5.74, 6) is 0. The van der Waals surface area contributed by atoms with Gasteiger partial charge < -0.3 is 5.73 Å². The molecule has 0 fully saturated rings. The molecule has 3 amide bonds. The topological polar surface area (TPSA) is 108 Å². The van der Waals surface area contributed by atoms with Gasteiger partial charge in [-0.15, -0.1) is 0 Å². The molecule has 2 rings (SSSR count). The molecule has 0 heterocycles. The predicted molar refractivity (Wildman–Crippen MR) is 86.4 cm³/mol. The van der Waals surface area contributed by atoms with Crippen molar-refractivity contribution in [3.05, 3.63) is 48.5 Å². The number of hydrogen-bond acceptors (Lipinski definition) is 5. The number of hydrogen-bond donors (Lipinski definition) is 5. The average molecular weight is 317 g/mol. The summed E-state index contributed by atoms with van der Waals surface area (Å²) in [5, 5.41) is 0. The van der Waals surface area contributed by atoms with E-state index in [0.29, 0.717) is 6.41 Å². The molecule has 0 aliphatic carbocycles. The number of rotatable bonds is 7. The fourth-order valence-corrected chi connectivity index (χ4v) is 2.25. The third kappa shape index (κ3) is 4.69. The van der Waals surface area contributed by atoms with Crippen molar-refractivity contribution < 1.29 is 9.59 Å². The molecule has 0 spiro atoms. The number of anilines is 1. The highest BCUT2D eigenvalue weighted by atomic mass is 32.2. The minimum absolute atomic E-state index is 0.575. The second-order valence-corrected chi connectivity index (χ2v) is 5.06. The largest absolute Gasteiger partial charge is 0.351 e. The zero-order chi connectivity index (χ0) is 15.8. The van der Waals surface area contributed by atoms with Crippen LogP contribution >= 0.6 is 11.9 Å². The van der Waals surface area contributed by atoms with Gasteiger partial charge in [0, 0.05) is 4.90 Å². The number of carbonyl (C=O) groups excluding carboxylic acids is 2. The molecule has 22 heavy (non-hydrogen) atoms. The van der Waals surface area contributed by atoms with Crippen LogP contribution in [0.4, 0.5) is 10.5 Å². The standard InChI is InChI=1S/C14H15N5O2S/c15-14(21)18-19-22-13-7-3-11(4-8-13)10-1-5-12(6-2-10)17-16-9-20/h1-9,17,19H,(H,16,20)(H3,15,18,21). The van der Waals surface area contributed by atoms with Gasteiger partial charge in [-0.3, -0.25) is 21.1 Å². The summed E-state index contributed by atoms with van der Waals surface area (Å²) in [6, 6.07) is 14.8. The van der Waals surface area contributed by atoms with E-state index in [1.54, 1.807) is 0 Å². The van der Waals surface area contributed by atoms with Crippen LogP contribution in [0, 0.1) is 0 Å². The van der Waals surface area contributed by atoms with Crippen molar-refractivity contribution in [3.63, 3.8) is 0 Å².